The molecule has 2 aromatic carbocycles. The minimum absolute atomic E-state index is 0.0664. The lowest BCUT2D eigenvalue weighted by molar-refractivity contribution is -0.129. The quantitative estimate of drug-likeness (QED) is 0.560. The zero-order valence-electron chi connectivity index (χ0n) is 16.4. The number of nitrogens with one attached hydrogen (secondary N) is 1. The first kappa shape index (κ1) is 20.9. The number of carbonyl (C=O) groups is 1. The number of amides is 1. The SMILES string of the molecule is COc1cc(CCNC(=O)C(O)c2ccc(-c3ccno3)cc2)ccc1OCC#N. The fourth-order valence-corrected chi connectivity index (χ4v) is 2.87. The van der Waals surface area contributed by atoms with E-state index in [1.54, 1.807) is 48.7 Å². The molecule has 30 heavy (non-hydrogen) atoms. The zero-order valence-corrected chi connectivity index (χ0v) is 16.4. The Balaban J connectivity index is 1.53. The van der Waals surface area contributed by atoms with Crippen LogP contribution in [-0.4, -0.2) is 36.4 Å². The van der Waals surface area contributed by atoms with Crippen molar-refractivity contribution in [3.05, 3.63) is 65.9 Å². The second-order valence-electron chi connectivity index (χ2n) is 6.37. The summed E-state index contributed by atoms with van der Waals surface area (Å²) in [4.78, 5) is 12.3. The molecule has 8 heteroatoms. The van der Waals surface area contributed by atoms with Crippen molar-refractivity contribution in [2.24, 2.45) is 0 Å². The molecule has 1 amide bonds. The normalized spacial score (nSPS) is 11.4. The van der Waals surface area contributed by atoms with Crippen LogP contribution in [0.2, 0.25) is 0 Å². The molecule has 1 heterocycles. The molecular weight excluding hydrogens is 386 g/mol. The molecule has 0 aliphatic carbocycles. The predicted molar refractivity (Wildman–Crippen MR) is 108 cm³/mol. The molecule has 0 aliphatic rings. The topological polar surface area (TPSA) is 118 Å². The number of methoxy groups -OCH3 is 1. The fraction of sp³-hybridized carbons (Fsp3) is 0.227. The Morgan fingerprint density at radius 2 is 2.03 bits per heavy atom. The van der Waals surface area contributed by atoms with E-state index >= 15 is 0 Å². The lowest BCUT2D eigenvalue weighted by Gasteiger charge is -2.13. The van der Waals surface area contributed by atoms with Crippen molar-refractivity contribution in [1.82, 2.24) is 10.5 Å². The monoisotopic (exact) mass is 407 g/mol. The van der Waals surface area contributed by atoms with E-state index in [4.69, 9.17) is 19.3 Å². The Kier molecular flexibility index (Phi) is 7.03. The van der Waals surface area contributed by atoms with Crippen LogP contribution in [0, 0.1) is 11.3 Å². The van der Waals surface area contributed by atoms with Gasteiger partial charge in [0.05, 0.1) is 13.3 Å². The van der Waals surface area contributed by atoms with Crippen LogP contribution in [0.25, 0.3) is 11.3 Å². The molecule has 0 saturated carbocycles. The molecule has 1 unspecified atom stereocenters. The van der Waals surface area contributed by atoms with Crippen molar-refractivity contribution < 1.29 is 23.9 Å². The average molecular weight is 407 g/mol. The van der Waals surface area contributed by atoms with Gasteiger partial charge in [-0.3, -0.25) is 4.79 Å². The Hall–Kier alpha value is -3.83. The third-order valence-corrected chi connectivity index (χ3v) is 4.43. The van der Waals surface area contributed by atoms with E-state index in [-0.39, 0.29) is 6.61 Å². The van der Waals surface area contributed by atoms with E-state index in [1.165, 1.54) is 7.11 Å². The highest BCUT2D eigenvalue weighted by molar-refractivity contribution is 5.82. The van der Waals surface area contributed by atoms with Crippen molar-refractivity contribution >= 4 is 5.91 Å². The van der Waals surface area contributed by atoms with Crippen LogP contribution in [0.5, 0.6) is 11.5 Å². The van der Waals surface area contributed by atoms with Gasteiger partial charge in [0.25, 0.3) is 5.91 Å². The second kappa shape index (κ2) is 10.1. The van der Waals surface area contributed by atoms with E-state index in [0.717, 1.165) is 11.1 Å². The van der Waals surface area contributed by atoms with Gasteiger partial charge in [0.1, 0.15) is 6.07 Å². The summed E-state index contributed by atoms with van der Waals surface area (Å²) in [6.45, 7) is 0.274. The van der Waals surface area contributed by atoms with Gasteiger partial charge in [-0.2, -0.15) is 5.26 Å². The number of benzene rings is 2. The molecule has 0 saturated heterocycles. The minimum atomic E-state index is -1.27. The maximum Gasteiger partial charge on any atom is 0.253 e. The third-order valence-electron chi connectivity index (χ3n) is 4.43. The van der Waals surface area contributed by atoms with Crippen LogP contribution < -0.4 is 14.8 Å². The maximum atomic E-state index is 12.3. The van der Waals surface area contributed by atoms with Gasteiger partial charge in [-0.05, 0) is 29.7 Å². The highest BCUT2D eigenvalue weighted by atomic mass is 16.5. The molecule has 0 bridgehead atoms. The summed E-state index contributed by atoms with van der Waals surface area (Å²) in [6, 6.07) is 15.8. The first-order chi connectivity index (χ1) is 14.6. The van der Waals surface area contributed by atoms with Gasteiger partial charge >= 0.3 is 0 Å². The van der Waals surface area contributed by atoms with Gasteiger partial charge in [0.2, 0.25) is 0 Å². The summed E-state index contributed by atoms with van der Waals surface area (Å²) in [7, 11) is 1.52. The van der Waals surface area contributed by atoms with Crippen molar-refractivity contribution in [2.45, 2.75) is 12.5 Å². The van der Waals surface area contributed by atoms with E-state index in [2.05, 4.69) is 10.5 Å². The third kappa shape index (κ3) is 5.16. The predicted octanol–water partition coefficient (Wildman–Crippen LogP) is 2.64. The fourth-order valence-electron chi connectivity index (χ4n) is 2.87. The molecule has 0 spiro atoms. The summed E-state index contributed by atoms with van der Waals surface area (Å²) in [6.07, 6.45) is 0.816. The van der Waals surface area contributed by atoms with Gasteiger partial charge in [0, 0.05) is 18.2 Å². The van der Waals surface area contributed by atoms with E-state index in [1.807, 2.05) is 12.1 Å². The molecule has 3 rings (SSSR count). The second-order valence-corrected chi connectivity index (χ2v) is 6.37. The van der Waals surface area contributed by atoms with E-state index in [9.17, 15) is 9.90 Å². The van der Waals surface area contributed by atoms with Gasteiger partial charge in [-0.1, -0.05) is 35.5 Å². The Bertz CT molecular complexity index is 1010. The zero-order chi connectivity index (χ0) is 21.3. The van der Waals surface area contributed by atoms with Crippen LogP contribution in [0.15, 0.2) is 59.3 Å². The van der Waals surface area contributed by atoms with E-state index < -0.39 is 12.0 Å². The summed E-state index contributed by atoms with van der Waals surface area (Å²) in [5.41, 5.74) is 2.21. The number of ether oxygens (including phenoxy) is 2. The number of hydrogen-bond acceptors (Lipinski definition) is 7. The summed E-state index contributed by atoms with van der Waals surface area (Å²) < 4.78 is 15.6. The molecule has 1 aromatic heterocycles. The molecule has 154 valence electrons. The summed E-state index contributed by atoms with van der Waals surface area (Å²) >= 11 is 0. The lowest BCUT2D eigenvalue weighted by Crippen LogP contribution is -2.30. The van der Waals surface area contributed by atoms with Crippen LogP contribution in [0.4, 0.5) is 0 Å². The van der Waals surface area contributed by atoms with Crippen molar-refractivity contribution in [1.29, 1.82) is 5.26 Å². The van der Waals surface area contributed by atoms with Crippen LogP contribution in [0.3, 0.4) is 0 Å². The summed E-state index contributed by atoms with van der Waals surface area (Å²) in [5.74, 6) is 1.13. The number of nitrogens with zero attached hydrogens (tertiary/aromatic N) is 2. The Labute approximate surface area is 173 Å². The largest absolute Gasteiger partial charge is 0.493 e. The molecular formula is C22H21N3O5. The number of carbonyl (C=O) groups excluding carboxylic acids is 1. The molecule has 8 nitrogen and oxygen atoms in total. The number of rotatable bonds is 9. The van der Waals surface area contributed by atoms with Crippen molar-refractivity contribution in [2.75, 3.05) is 20.3 Å². The number of aliphatic hydroxyl groups excluding tert-OH is 1. The molecule has 0 fully saturated rings. The Morgan fingerprint density at radius 1 is 1.23 bits per heavy atom. The van der Waals surface area contributed by atoms with Crippen LogP contribution >= 0.6 is 0 Å². The van der Waals surface area contributed by atoms with Gasteiger partial charge in [0.15, 0.2) is 30.0 Å². The molecule has 0 aliphatic heterocycles. The van der Waals surface area contributed by atoms with Gasteiger partial charge in [-0.25, -0.2) is 0 Å². The van der Waals surface area contributed by atoms with Gasteiger partial charge in [-0.15, -0.1) is 0 Å². The average Bonchev–Trinajstić information content (AvgIpc) is 3.32. The number of aliphatic hydroxyl groups is 1. The Morgan fingerprint density at radius 3 is 2.70 bits per heavy atom. The molecule has 0 radical (unpaired) electrons. The molecule has 3 aromatic rings. The van der Waals surface area contributed by atoms with Crippen molar-refractivity contribution in [3.8, 4) is 28.9 Å². The lowest BCUT2D eigenvalue weighted by atomic mass is 10.1. The highest BCUT2D eigenvalue weighted by Crippen LogP contribution is 2.28. The highest BCUT2D eigenvalue weighted by Gasteiger charge is 2.17. The molecule has 1 atom stereocenters. The minimum Gasteiger partial charge on any atom is -0.493 e. The smallest absolute Gasteiger partial charge is 0.253 e. The van der Waals surface area contributed by atoms with Crippen LogP contribution in [0.1, 0.15) is 17.2 Å². The number of aromatic nitrogens is 1. The summed E-state index contributed by atoms with van der Waals surface area (Å²) in [5, 5.41) is 25.3. The van der Waals surface area contributed by atoms with Crippen LogP contribution in [-0.2, 0) is 11.2 Å². The first-order valence-corrected chi connectivity index (χ1v) is 9.26. The van der Waals surface area contributed by atoms with E-state index in [0.29, 0.717) is 35.8 Å². The molecule has 2 N–H and O–H groups in total. The number of nitriles is 1. The van der Waals surface area contributed by atoms with Gasteiger partial charge < -0.3 is 24.4 Å². The maximum absolute atomic E-state index is 12.3. The number of hydrogen-bond donors (Lipinski definition) is 2. The first-order valence-electron chi connectivity index (χ1n) is 9.26. The standard InChI is InChI=1S/C22H21N3O5/c1-28-20-14-15(2-7-19(20)29-13-10-23)8-11-24-22(27)21(26)17-5-3-16(4-6-17)18-9-12-25-30-18/h2-7,9,12,14,21,26H,8,11,13H2,1H3,(H,24,27). The van der Waals surface area contributed by atoms with Crippen molar-refractivity contribution in [3.63, 3.8) is 0 Å².